The summed E-state index contributed by atoms with van der Waals surface area (Å²) in [6.07, 6.45) is 3.55. The number of fused-ring (bicyclic) bond motifs is 1. The SMILES string of the molecule is Cc1cc(C)c2nc(-c3cccc(OCCCCN4CCCN(C)CC4)c3)[nH]c2c1. The third-order valence-corrected chi connectivity index (χ3v) is 5.98. The number of hydrogen-bond acceptors (Lipinski definition) is 4. The van der Waals surface area contributed by atoms with E-state index in [-0.39, 0.29) is 0 Å². The van der Waals surface area contributed by atoms with Crippen LogP contribution >= 0.6 is 0 Å². The summed E-state index contributed by atoms with van der Waals surface area (Å²) in [6.45, 7) is 11.0. The van der Waals surface area contributed by atoms with Crippen LogP contribution in [0.1, 0.15) is 30.4 Å². The van der Waals surface area contributed by atoms with E-state index in [2.05, 4.69) is 59.9 Å². The lowest BCUT2D eigenvalue weighted by Gasteiger charge is -2.19. The zero-order chi connectivity index (χ0) is 20.9. The number of aromatic nitrogens is 2. The van der Waals surface area contributed by atoms with Gasteiger partial charge in [-0.25, -0.2) is 4.98 Å². The predicted octanol–water partition coefficient (Wildman–Crippen LogP) is 4.64. The molecule has 0 saturated carbocycles. The summed E-state index contributed by atoms with van der Waals surface area (Å²) < 4.78 is 6.05. The quantitative estimate of drug-likeness (QED) is 0.581. The lowest BCUT2D eigenvalue weighted by molar-refractivity contribution is 0.253. The Morgan fingerprint density at radius 3 is 2.83 bits per heavy atom. The Labute approximate surface area is 180 Å². The molecule has 1 aromatic heterocycles. The van der Waals surface area contributed by atoms with Gasteiger partial charge in [0.1, 0.15) is 11.6 Å². The molecule has 0 aliphatic carbocycles. The summed E-state index contributed by atoms with van der Waals surface area (Å²) in [4.78, 5) is 13.3. The van der Waals surface area contributed by atoms with Crippen LogP contribution < -0.4 is 4.74 Å². The van der Waals surface area contributed by atoms with Gasteiger partial charge in [-0.2, -0.15) is 0 Å². The molecule has 1 fully saturated rings. The fourth-order valence-corrected chi connectivity index (χ4v) is 4.29. The van der Waals surface area contributed by atoms with Crippen LogP contribution in [0.15, 0.2) is 36.4 Å². The van der Waals surface area contributed by atoms with E-state index in [9.17, 15) is 0 Å². The van der Waals surface area contributed by atoms with E-state index in [4.69, 9.17) is 9.72 Å². The highest BCUT2D eigenvalue weighted by Gasteiger charge is 2.12. The number of ether oxygens (including phenoxy) is 1. The number of hydrogen-bond donors (Lipinski definition) is 1. The first-order valence-corrected chi connectivity index (χ1v) is 11.2. The van der Waals surface area contributed by atoms with Crippen LogP contribution in [-0.4, -0.2) is 66.1 Å². The average molecular weight is 407 g/mol. The Balaban J connectivity index is 1.30. The molecule has 0 unspecified atom stereocenters. The smallest absolute Gasteiger partial charge is 0.138 e. The second kappa shape index (κ2) is 9.63. The maximum Gasteiger partial charge on any atom is 0.138 e. The molecule has 5 nitrogen and oxygen atoms in total. The number of rotatable bonds is 7. The number of aromatic amines is 1. The third-order valence-electron chi connectivity index (χ3n) is 5.98. The molecule has 2 aromatic carbocycles. The van der Waals surface area contributed by atoms with Gasteiger partial charge in [-0.15, -0.1) is 0 Å². The molecular formula is C25H34N4O. The van der Waals surface area contributed by atoms with Crippen molar-refractivity contribution in [2.75, 3.05) is 46.4 Å². The topological polar surface area (TPSA) is 44.4 Å². The van der Waals surface area contributed by atoms with Crippen LogP contribution in [0.2, 0.25) is 0 Å². The molecule has 1 aliphatic heterocycles. The fraction of sp³-hybridized carbons (Fsp3) is 0.480. The van der Waals surface area contributed by atoms with Gasteiger partial charge in [0.25, 0.3) is 0 Å². The minimum absolute atomic E-state index is 0.760. The number of benzene rings is 2. The predicted molar refractivity (Wildman–Crippen MR) is 124 cm³/mol. The molecule has 160 valence electrons. The summed E-state index contributed by atoms with van der Waals surface area (Å²) in [5.41, 5.74) is 5.65. The highest BCUT2D eigenvalue weighted by molar-refractivity contribution is 5.83. The van der Waals surface area contributed by atoms with Crippen molar-refractivity contribution >= 4 is 11.0 Å². The summed E-state index contributed by atoms with van der Waals surface area (Å²) in [7, 11) is 2.22. The van der Waals surface area contributed by atoms with Crippen LogP contribution in [0, 0.1) is 13.8 Å². The molecule has 30 heavy (non-hydrogen) atoms. The monoisotopic (exact) mass is 406 g/mol. The number of nitrogens with one attached hydrogen (secondary N) is 1. The minimum Gasteiger partial charge on any atom is -0.494 e. The van der Waals surface area contributed by atoms with Crippen LogP contribution in [0.4, 0.5) is 0 Å². The first kappa shape index (κ1) is 20.9. The van der Waals surface area contributed by atoms with Crippen molar-refractivity contribution in [2.45, 2.75) is 33.1 Å². The van der Waals surface area contributed by atoms with Crippen LogP contribution in [0.25, 0.3) is 22.4 Å². The molecular weight excluding hydrogens is 372 g/mol. The van der Waals surface area contributed by atoms with Gasteiger partial charge in [-0.1, -0.05) is 18.2 Å². The van der Waals surface area contributed by atoms with Gasteiger partial charge in [0.15, 0.2) is 0 Å². The number of aryl methyl sites for hydroxylation is 2. The molecule has 0 amide bonds. The van der Waals surface area contributed by atoms with Crippen LogP contribution in [-0.2, 0) is 0 Å². The summed E-state index contributed by atoms with van der Waals surface area (Å²) in [5.74, 6) is 1.81. The highest BCUT2D eigenvalue weighted by Crippen LogP contribution is 2.26. The summed E-state index contributed by atoms with van der Waals surface area (Å²) >= 11 is 0. The van der Waals surface area contributed by atoms with Crippen molar-refractivity contribution in [1.82, 2.24) is 19.8 Å². The van der Waals surface area contributed by atoms with Crippen molar-refractivity contribution in [2.24, 2.45) is 0 Å². The van der Waals surface area contributed by atoms with Crippen LogP contribution in [0.3, 0.4) is 0 Å². The molecule has 3 aromatic rings. The standard InChI is InChI=1S/C25H34N4O/c1-19-16-20(2)24-23(17-19)26-25(27-24)21-8-6-9-22(18-21)30-15-5-4-11-29-12-7-10-28(3)13-14-29/h6,8-9,16-18H,4-5,7,10-15H2,1-3H3,(H,26,27). The second-order valence-corrected chi connectivity index (χ2v) is 8.65. The number of unbranched alkanes of at least 4 members (excludes halogenated alkanes) is 1. The molecule has 1 aliphatic rings. The first-order valence-electron chi connectivity index (χ1n) is 11.2. The van der Waals surface area contributed by atoms with E-state index in [0.29, 0.717) is 0 Å². The summed E-state index contributed by atoms with van der Waals surface area (Å²) in [6, 6.07) is 12.6. The Bertz CT molecular complexity index is 980. The van der Waals surface area contributed by atoms with Gasteiger partial charge in [0.05, 0.1) is 17.6 Å². The maximum absolute atomic E-state index is 6.05. The van der Waals surface area contributed by atoms with Crippen LogP contribution in [0.5, 0.6) is 5.75 Å². The number of likely N-dealkylation sites (N-methyl/N-ethyl adjacent to an activating group) is 1. The Morgan fingerprint density at radius 2 is 1.93 bits per heavy atom. The van der Waals surface area contributed by atoms with E-state index in [1.54, 1.807) is 0 Å². The zero-order valence-electron chi connectivity index (χ0n) is 18.6. The molecule has 0 atom stereocenters. The Hall–Kier alpha value is -2.37. The largest absolute Gasteiger partial charge is 0.494 e. The first-order chi connectivity index (χ1) is 14.6. The van der Waals surface area contributed by atoms with E-state index in [1.165, 1.54) is 56.7 Å². The van der Waals surface area contributed by atoms with Crippen molar-refractivity contribution in [3.8, 4) is 17.1 Å². The Kier molecular flexibility index (Phi) is 6.70. The van der Waals surface area contributed by atoms with Crippen molar-refractivity contribution < 1.29 is 4.74 Å². The highest BCUT2D eigenvalue weighted by atomic mass is 16.5. The van der Waals surface area contributed by atoms with E-state index < -0.39 is 0 Å². The molecule has 1 N–H and O–H groups in total. The van der Waals surface area contributed by atoms with Crippen molar-refractivity contribution in [3.05, 3.63) is 47.5 Å². The number of H-pyrrole nitrogens is 1. The van der Waals surface area contributed by atoms with Gasteiger partial charge >= 0.3 is 0 Å². The molecule has 0 bridgehead atoms. The van der Waals surface area contributed by atoms with Gasteiger partial charge < -0.3 is 19.5 Å². The minimum atomic E-state index is 0.760. The number of nitrogens with zero attached hydrogens (tertiary/aromatic N) is 3. The van der Waals surface area contributed by atoms with Crippen molar-refractivity contribution in [1.29, 1.82) is 0 Å². The van der Waals surface area contributed by atoms with E-state index in [1.807, 2.05) is 12.1 Å². The molecule has 0 spiro atoms. The normalized spacial score (nSPS) is 16.1. The van der Waals surface area contributed by atoms with Gasteiger partial charge in [0, 0.05) is 18.7 Å². The Morgan fingerprint density at radius 1 is 1.03 bits per heavy atom. The van der Waals surface area contributed by atoms with Gasteiger partial charge in [-0.3, -0.25) is 0 Å². The molecule has 2 heterocycles. The molecule has 5 heteroatoms. The lowest BCUT2D eigenvalue weighted by Crippen LogP contribution is -2.29. The van der Waals surface area contributed by atoms with Gasteiger partial charge in [-0.05, 0) is 89.1 Å². The van der Waals surface area contributed by atoms with E-state index >= 15 is 0 Å². The second-order valence-electron chi connectivity index (χ2n) is 8.65. The molecule has 4 rings (SSSR count). The van der Waals surface area contributed by atoms with E-state index in [0.717, 1.165) is 41.2 Å². The third kappa shape index (κ3) is 5.21. The molecule has 1 saturated heterocycles. The zero-order valence-corrected chi connectivity index (χ0v) is 18.6. The van der Waals surface area contributed by atoms with Gasteiger partial charge in [0.2, 0.25) is 0 Å². The lowest BCUT2D eigenvalue weighted by atomic mass is 10.1. The average Bonchev–Trinajstić information content (AvgIpc) is 3.05. The maximum atomic E-state index is 6.05. The van der Waals surface area contributed by atoms with Crippen molar-refractivity contribution in [3.63, 3.8) is 0 Å². The number of imidazole rings is 1. The molecule has 0 radical (unpaired) electrons. The summed E-state index contributed by atoms with van der Waals surface area (Å²) in [5, 5.41) is 0. The fourth-order valence-electron chi connectivity index (χ4n) is 4.29.